The number of hydrogen-bond acceptors (Lipinski definition) is 6. The molecule has 0 radical (unpaired) electrons. The number of benzene rings is 1. The molecule has 8 heteroatoms. The third-order valence-electron chi connectivity index (χ3n) is 5.88. The normalized spacial score (nSPS) is 21.8. The number of aromatic nitrogens is 4. The topological polar surface area (TPSA) is 59.3 Å². The minimum absolute atomic E-state index is 0.230. The molecule has 2 fully saturated rings. The quantitative estimate of drug-likeness (QED) is 0.686. The number of nitrogens with zero attached hydrogens (tertiary/aromatic N) is 6. The molecule has 0 saturated carbocycles. The second kappa shape index (κ2) is 9.41. The van der Waals surface area contributed by atoms with E-state index in [9.17, 15) is 0 Å². The van der Waals surface area contributed by atoms with Crippen LogP contribution in [0.25, 0.3) is 0 Å². The molecule has 1 aromatic carbocycles. The van der Waals surface area contributed by atoms with Crippen LogP contribution in [0, 0.1) is 5.92 Å². The minimum atomic E-state index is 0.230. The van der Waals surface area contributed by atoms with Crippen LogP contribution in [-0.4, -0.2) is 64.0 Å². The maximum Gasteiger partial charge on any atom is 0.168 e. The first-order chi connectivity index (χ1) is 14.1. The van der Waals surface area contributed by atoms with Crippen LogP contribution in [0.5, 0.6) is 0 Å². The number of tetrazole rings is 1. The minimum Gasteiger partial charge on any atom is -0.376 e. The van der Waals surface area contributed by atoms with Gasteiger partial charge in [-0.2, -0.15) is 0 Å². The fourth-order valence-electron chi connectivity index (χ4n) is 4.39. The zero-order valence-electron chi connectivity index (χ0n) is 17.4. The van der Waals surface area contributed by atoms with Gasteiger partial charge < -0.3 is 9.64 Å². The van der Waals surface area contributed by atoms with Gasteiger partial charge >= 0.3 is 0 Å². The van der Waals surface area contributed by atoms with E-state index in [0.717, 1.165) is 69.4 Å². The van der Waals surface area contributed by atoms with E-state index in [0.29, 0.717) is 5.92 Å². The van der Waals surface area contributed by atoms with Crippen molar-refractivity contribution in [2.45, 2.75) is 51.8 Å². The van der Waals surface area contributed by atoms with Gasteiger partial charge in [-0.25, -0.2) is 4.68 Å². The van der Waals surface area contributed by atoms with Gasteiger partial charge in [-0.3, -0.25) is 4.90 Å². The number of hydrogen-bond donors (Lipinski definition) is 0. The Kier molecular flexibility index (Phi) is 6.67. The highest BCUT2D eigenvalue weighted by Gasteiger charge is 2.31. The molecule has 0 bridgehead atoms. The van der Waals surface area contributed by atoms with Crippen molar-refractivity contribution in [1.29, 1.82) is 0 Å². The summed E-state index contributed by atoms with van der Waals surface area (Å²) in [6.07, 6.45) is 3.50. The molecule has 0 amide bonds. The van der Waals surface area contributed by atoms with Gasteiger partial charge in [0.2, 0.25) is 0 Å². The summed E-state index contributed by atoms with van der Waals surface area (Å²) in [7, 11) is 0. The van der Waals surface area contributed by atoms with Crippen molar-refractivity contribution in [3.63, 3.8) is 0 Å². The van der Waals surface area contributed by atoms with Gasteiger partial charge in [-0.1, -0.05) is 31.5 Å². The third kappa shape index (κ3) is 5.08. The second-order valence-corrected chi connectivity index (χ2v) is 8.94. The number of ether oxygens (including phenoxy) is 1. The lowest BCUT2D eigenvalue weighted by atomic mass is 10.0. The highest BCUT2D eigenvalue weighted by atomic mass is 35.5. The van der Waals surface area contributed by atoms with Crippen LogP contribution >= 0.6 is 11.6 Å². The average molecular weight is 419 g/mol. The maximum absolute atomic E-state index is 6.18. The highest BCUT2D eigenvalue weighted by molar-refractivity contribution is 6.30. The number of halogens is 1. The molecular formula is C21H31ClN6O. The Balaban J connectivity index is 1.46. The summed E-state index contributed by atoms with van der Waals surface area (Å²) in [5.74, 6) is 1.55. The molecule has 0 N–H and O–H groups in total. The molecule has 2 aliphatic heterocycles. The summed E-state index contributed by atoms with van der Waals surface area (Å²) < 4.78 is 7.79. The fourth-order valence-corrected chi connectivity index (χ4v) is 4.57. The summed E-state index contributed by atoms with van der Waals surface area (Å²) in [5.41, 5.74) is 1.20. The first kappa shape index (κ1) is 20.6. The van der Waals surface area contributed by atoms with Crippen molar-refractivity contribution in [2.75, 3.05) is 37.7 Å². The highest BCUT2D eigenvalue weighted by Crippen LogP contribution is 2.29. The number of rotatable bonds is 7. The molecular weight excluding hydrogens is 388 g/mol. The standard InChI is InChI=1S/C21H31ClN6O/c1-16(2)13-20(21-23-24-25-28(21)15-19-7-4-12-29-19)27-10-8-26(9-11-27)18-6-3-5-17(22)14-18/h3,5-6,14,16,19-20H,4,7-13,15H2,1-2H3/t19-,20-/m0/s1. The van der Waals surface area contributed by atoms with E-state index >= 15 is 0 Å². The van der Waals surface area contributed by atoms with E-state index in [4.69, 9.17) is 16.3 Å². The Bertz CT molecular complexity index is 783. The molecule has 2 aromatic rings. The van der Waals surface area contributed by atoms with Gasteiger partial charge in [-0.15, -0.1) is 5.10 Å². The van der Waals surface area contributed by atoms with Crippen LogP contribution in [0.4, 0.5) is 5.69 Å². The molecule has 7 nitrogen and oxygen atoms in total. The molecule has 0 aliphatic carbocycles. The van der Waals surface area contributed by atoms with Gasteiger partial charge in [-0.05, 0) is 53.8 Å². The van der Waals surface area contributed by atoms with Gasteiger partial charge in [0.05, 0.1) is 18.7 Å². The van der Waals surface area contributed by atoms with Crippen LogP contribution in [0.15, 0.2) is 24.3 Å². The second-order valence-electron chi connectivity index (χ2n) is 8.50. The Morgan fingerprint density at radius 2 is 2.03 bits per heavy atom. The molecule has 29 heavy (non-hydrogen) atoms. The monoisotopic (exact) mass is 418 g/mol. The van der Waals surface area contributed by atoms with Crippen molar-refractivity contribution in [3.8, 4) is 0 Å². The van der Waals surface area contributed by atoms with E-state index in [1.165, 1.54) is 5.69 Å². The van der Waals surface area contributed by atoms with Crippen LogP contribution in [0.3, 0.4) is 0 Å². The van der Waals surface area contributed by atoms with Crippen LogP contribution in [0.1, 0.15) is 45.0 Å². The lowest BCUT2D eigenvalue weighted by Gasteiger charge is -2.40. The predicted octanol–water partition coefficient (Wildman–Crippen LogP) is 3.41. The van der Waals surface area contributed by atoms with E-state index in [1.54, 1.807) is 0 Å². The fraction of sp³-hybridized carbons (Fsp3) is 0.667. The van der Waals surface area contributed by atoms with E-state index in [2.05, 4.69) is 45.2 Å². The summed E-state index contributed by atoms with van der Waals surface area (Å²) in [4.78, 5) is 4.95. The van der Waals surface area contributed by atoms with Crippen molar-refractivity contribution in [2.24, 2.45) is 5.92 Å². The van der Waals surface area contributed by atoms with Gasteiger partial charge in [0, 0.05) is 43.5 Å². The van der Waals surface area contributed by atoms with Crippen LogP contribution < -0.4 is 4.90 Å². The summed E-state index contributed by atoms with van der Waals surface area (Å²) in [6, 6.07) is 8.35. The zero-order valence-corrected chi connectivity index (χ0v) is 18.1. The van der Waals surface area contributed by atoms with Gasteiger partial charge in [0.15, 0.2) is 5.82 Å². The molecule has 2 atom stereocenters. The van der Waals surface area contributed by atoms with Crippen molar-refractivity contribution >= 4 is 17.3 Å². The molecule has 0 spiro atoms. The number of anilines is 1. The molecule has 1 aromatic heterocycles. The Morgan fingerprint density at radius 1 is 1.21 bits per heavy atom. The van der Waals surface area contributed by atoms with Crippen molar-refractivity contribution < 1.29 is 4.74 Å². The first-order valence-electron chi connectivity index (χ1n) is 10.7. The van der Waals surface area contributed by atoms with Gasteiger partial charge in [0.1, 0.15) is 0 Å². The first-order valence-corrected chi connectivity index (χ1v) is 11.1. The predicted molar refractivity (Wildman–Crippen MR) is 114 cm³/mol. The summed E-state index contributed by atoms with van der Waals surface area (Å²) in [6.45, 7) is 10.0. The summed E-state index contributed by atoms with van der Waals surface area (Å²) >= 11 is 6.18. The number of piperazine rings is 1. The van der Waals surface area contributed by atoms with Crippen molar-refractivity contribution in [1.82, 2.24) is 25.1 Å². The third-order valence-corrected chi connectivity index (χ3v) is 6.12. The Morgan fingerprint density at radius 3 is 2.72 bits per heavy atom. The molecule has 0 unspecified atom stereocenters. The molecule has 2 saturated heterocycles. The largest absolute Gasteiger partial charge is 0.376 e. The zero-order chi connectivity index (χ0) is 20.2. The van der Waals surface area contributed by atoms with Crippen molar-refractivity contribution in [3.05, 3.63) is 35.1 Å². The maximum atomic E-state index is 6.18. The average Bonchev–Trinajstić information content (AvgIpc) is 3.39. The Hall–Kier alpha value is -1.70. The molecule has 158 valence electrons. The summed E-state index contributed by atoms with van der Waals surface area (Å²) in [5, 5.41) is 13.6. The lowest BCUT2D eigenvalue weighted by molar-refractivity contribution is 0.0885. The molecule has 2 aliphatic rings. The van der Waals surface area contributed by atoms with Crippen LogP contribution in [0.2, 0.25) is 5.02 Å². The van der Waals surface area contributed by atoms with Crippen LogP contribution in [-0.2, 0) is 11.3 Å². The Labute approximate surface area is 178 Å². The van der Waals surface area contributed by atoms with E-state index in [-0.39, 0.29) is 12.1 Å². The van der Waals surface area contributed by atoms with E-state index < -0.39 is 0 Å². The SMILES string of the molecule is CC(C)C[C@@H](c1nnnn1C[C@@H]1CCCO1)N1CCN(c2cccc(Cl)c2)CC1. The van der Waals surface area contributed by atoms with Gasteiger partial charge in [0.25, 0.3) is 0 Å². The molecule has 4 rings (SSSR count). The van der Waals surface area contributed by atoms with E-state index in [1.807, 2.05) is 22.9 Å². The lowest BCUT2D eigenvalue weighted by Crippen LogP contribution is -2.48. The molecule has 3 heterocycles. The smallest absolute Gasteiger partial charge is 0.168 e.